The second-order valence-corrected chi connectivity index (χ2v) is 6.15. The van der Waals surface area contributed by atoms with Gasteiger partial charge in [0.05, 0.1) is 0 Å². The maximum atomic E-state index is 13.9. The van der Waals surface area contributed by atoms with E-state index in [1.807, 2.05) is 17.7 Å². The lowest BCUT2D eigenvalue weighted by Crippen LogP contribution is -2.20. The minimum atomic E-state index is -0.169. The molecule has 1 heterocycles. The number of nitrogens with one attached hydrogen (secondary N) is 1. The summed E-state index contributed by atoms with van der Waals surface area (Å²) in [6.07, 6.45) is 2.71. The van der Waals surface area contributed by atoms with Crippen molar-refractivity contribution in [3.63, 3.8) is 0 Å². The van der Waals surface area contributed by atoms with Crippen LogP contribution in [-0.4, -0.2) is 21.3 Å². The van der Waals surface area contributed by atoms with Crippen LogP contribution in [0.4, 0.5) is 4.39 Å². The van der Waals surface area contributed by atoms with Gasteiger partial charge in [-0.05, 0) is 61.8 Å². The lowest BCUT2D eigenvalue weighted by molar-refractivity contribution is 0.552. The topological polar surface area (TPSA) is 42.7 Å². The molecule has 0 fully saturated rings. The van der Waals surface area contributed by atoms with Gasteiger partial charge in [0.2, 0.25) is 0 Å². The van der Waals surface area contributed by atoms with E-state index in [0.717, 1.165) is 28.6 Å². The van der Waals surface area contributed by atoms with Crippen LogP contribution in [0.2, 0.25) is 0 Å². The maximum Gasteiger partial charge on any atom is 0.195 e. The van der Waals surface area contributed by atoms with Crippen LogP contribution in [0.5, 0.6) is 0 Å². The smallest absolute Gasteiger partial charge is 0.195 e. The molecule has 0 saturated carbocycles. The van der Waals surface area contributed by atoms with E-state index in [1.54, 1.807) is 19.3 Å². The number of rotatable bonds is 6. The summed E-state index contributed by atoms with van der Waals surface area (Å²) in [6.45, 7) is 6.86. The summed E-state index contributed by atoms with van der Waals surface area (Å²) >= 11 is 1.51. The van der Waals surface area contributed by atoms with Crippen molar-refractivity contribution >= 4 is 11.8 Å². The molecule has 0 bridgehead atoms. The van der Waals surface area contributed by atoms with Gasteiger partial charge >= 0.3 is 0 Å². The van der Waals surface area contributed by atoms with E-state index in [0.29, 0.717) is 5.56 Å². The van der Waals surface area contributed by atoms with Crippen molar-refractivity contribution in [2.45, 2.75) is 43.3 Å². The summed E-state index contributed by atoms with van der Waals surface area (Å²) < 4.78 is 15.8. The van der Waals surface area contributed by atoms with Crippen molar-refractivity contribution in [3.8, 4) is 0 Å². The van der Waals surface area contributed by atoms with E-state index >= 15 is 0 Å². The Morgan fingerprint density at radius 1 is 1.43 bits per heavy atom. The average molecular weight is 308 g/mol. The van der Waals surface area contributed by atoms with Crippen LogP contribution in [0.3, 0.4) is 0 Å². The highest BCUT2D eigenvalue weighted by Crippen LogP contribution is 2.33. The van der Waals surface area contributed by atoms with Crippen molar-refractivity contribution in [1.82, 2.24) is 20.1 Å². The molecule has 0 aliphatic heterocycles. The van der Waals surface area contributed by atoms with Gasteiger partial charge in [0.1, 0.15) is 12.1 Å². The van der Waals surface area contributed by atoms with Crippen molar-refractivity contribution < 1.29 is 4.39 Å². The first-order valence-corrected chi connectivity index (χ1v) is 7.89. The SMILES string of the molecule is CCCNC(C)c1cc(F)c(C)cc1Sc1nncn1C. The maximum absolute atomic E-state index is 13.9. The molecule has 1 unspecified atom stereocenters. The zero-order valence-electron chi connectivity index (χ0n) is 12.9. The largest absolute Gasteiger partial charge is 0.311 e. The predicted molar refractivity (Wildman–Crippen MR) is 83.0 cm³/mol. The van der Waals surface area contributed by atoms with Gasteiger partial charge in [0.25, 0.3) is 0 Å². The third-order valence-corrected chi connectivity index (χ3v) is 4.45. The number of nitrogens with zero attached hydrogens (tertiary/aromatic N) is 3. The molecule has 0 aliphatic rings. The summed E-state index contributed by atoms with van der Waals surface area (Å²) in [5.41, 5.74) is 1.60. The lowest BCUT2D eigenvalue weighted by Gasteiger charge is -2.18. The summed E-state index contributed by atoms with van der Waals surface area (Å²) in [7, 11) is 1.90. The molecule has 1 aromatic heterocycles. The normalized spacial score (nSPS) is 12.6. The molecule has 0 aliphatic carbocycles. The Kier molecular flexibility index (Phi) is 5.36. The van der Waals surface area contributed by atoms with Crippen LogP contribution in [0.1, 0.15) is 37.4 Å². The summed E-state index contributed by atoms with van der Waals surface area (Å²) in [5, 5.41) is 12.2. The van der Waals surface area contributed by atoms with E-state index < -0.39 is 0 Å². The van der Waals surface area contributed by atoms with Crippen LogP contribution in [0.25, 0.3) is 0 Å². The first-order valence-electron chi connectivity index (χ1n) is 7.08. The summed E-state index contributed by atoms with van der Waals surface area (Å²) in [6, 6.07) is 3.60. The molecule has 21 heavy (non-hydrogen) atoms. The van der Waals surface area contributed by atoms with Crippen LogP contribution in [0.15, 0.2) is 28.5 Å². The molecule has 0 amide bonds. The summed E-state index contributed by atoms with van der Waals surface area (Å²) in [5.74, 6) is -0.169. The molecular weight excluding hydrogens is 287 g/mol. The minimum absolute atomic E-state index is 0.0933. The molecule has 0 radical (unpaired) electrons. The first-order chi connectivity index (χ1) is 10.0. The third kappa shape index (κ3) is 3.83. The first kappa shape index (κ1) is 16.0. The number of benzene rings is 1. The predicted octanol–water partition coefficient (Wildman–Crippen LogP) is 3.47. The molecule has 4 nitrogen and oxygen atoms in total. The van der Waals surface area contributed by atoms with Crippen molar-refractivity contribution in [3.05, 3.63) is 35.4 Å². The van der Waals surface area contributed by atoms with E-state index in [1.165, 1.54) is 11.8 Å². The van der Waals surface area contributed by atoms with Crippen LogP contribution >= 0.6 is 11.8 Å². The Bertz CT molecular complexity index is 612. The average Bonchev–Trinajstić information content (AvgIpc) is 2.85. The molecule has 2 aromatic rings. The van der Waals surface area contributed by atoms with Gasteiger partial charge in [-0.3, -0.25) is 0 Å². The highest BCUT2D eigenvalue weighted by Gasteiger charge is 2.16. The monoisotopic (exact) mass is 308 g/mol. The second-order valence-electron chi connectivity index (χ2n) is 5.14. The molecule has 114 valence electrons. The number of aryl methyl sites for hydroxylation is 2. The fourth-order valence-corrected chi connectivity index (χ4v) is 3.10. The number of aromatic nitrogens is 3. The molecule has 2 rings (SSSR count). The van der Waals surface area contributed by atoms with Gasteiger partial charge in [-0.1, -0.05) is 6.92 Å². The zero-order chi connectivity index (χ0) is 15.4. The standard InChI is InChI=1S/C15H21FN4S/c1-5-6-17-11(3)12-8-13(16)10(2)7-14(12)21-15-19-18-9-20(15)4/h7-9,11,17H,5-6H2,1-4H3. The van der Waals surface area contributed by atoms with E-state index in [-0.39, 0.29) is 11.9 Å². The minimum Gasteiger partial charge on any atom is -0.311 e. The van der Waals surface area contributed by atoms with Crippen LogP contribution < -0.4 is 5.32 Å². The fourth-order valence-electron chi connectivity index (χ4n) is 2.03. The molecule has 0 saturated heterocycles. The van der Waals surface area contributed by atoms with Gasteiger partial charge in [0, 0.05) is 18.0 Å². The van der Waals surface area contributed by atoms with Crippen molar-refractivity contribution in [2.75, 3.05) is 6.54 Å². The highest BCUT2D eigenvalue weighted by molar-refractivity contribution is 7.99. The molecule has 1 atom stereocenters. The van der Waals surface area contributed by atoms with Gasteiger partial charge < -0.3 is 9.88 Å². The molecule has 1 N–H and O–H groups in total. The van der Waals surface area contributed by atoms with Crippen LogP contribution in [0, 0.1) is 12.7 Å². The fraction of sp³-hybridized carbons (Fsp3) is 0.467. The molecule has 6 heteroatoms. The summed E-state index contributed by atoms with van der Waals surface area (Å²) in [4.78, 5) is 1.01. The van der Waals surface area contributed by atoms with Gasteiger partial charge in [-0.15, -0.1) is 10.2 Å². The number of halogens is 1. The number of hydrogen-bond donors (Lipinski definition) is 1. The van der Waals surface area contributed by atoms with E-state index in [9.17, 15) is 4.39 Å². The Morgan fingerprint density at radius 2 is 2.19 bits per heavy atom. The van der Waals surface area contributed by atoms with E-state index in [4.69, 9.17) is 0 Å². The molecular formula is C15H21FN4S. The highest BCUT2D eigenvalue weighted by atomic mass is 32.2. The van der Waals surface area contributed by atoms with Crippen molar-refractivity contribution in [2.24, 2.45) is 7.05 Å². The third-order valence-electron chi connectivity index (χ3n) is 3.33. The van der Waals surface area contributed by atoms with Crippen molar-refractivity contribution in [1.29, 1.82) is 0 Å². The molecule has 1 aromatic carbocycles. The van der Waals surface area contributed by atoms with E-state index in [2.05, 4.69) is 29.4 Å². The Morgan fingerprint density at radius 3 is 2.81 bits per heavy atom. The quantitative estimate of drug-likeness (QED) is 0.887. The van der Waals surface area contributed by atoms with Crippen LogP contribution in [-0.2, 0) is 7.05 Å². The number of hydrogen-bond acceptors (Lipinski definition) is 4. The Balaban J connectivity index is 2.33. The second kappa shape index (κ2) is 7.04. The molecule has 0 spiro atoms. The van der Waals surface area contributed by atoms with Gasteiger partial charge in [-0.2, -0.15) is 0 Å². The Labute approximate surface area is 129 Å². The Hall–Kier alpha value is -1.40. The lowest BCUT2D eigenvalue weighted by atomic mass is 10.1. The van der Waals surface area contributed by atoms with Gasteiger partial charge in [-0.25, -0.2) is 4.39 Å². The van der Waals surface area contributed by atoms with Gasteiger partial charge in [0.15, 0.2) is 5.16 Å². The zero-order valence-corrected chi connectivity index (χ0v) is 13.7.